The minimum atomic E-state index is -1.91. The van der Waals surface area contributed by atoms with Gasteiger partial charge in [0.05, 0.1) is 32.5 Å². The molecule has 234 valence electrons. The van der Waals surface area contributed by atoms with Crippen LogP contribution in [0.5, 0.6) is 0 Å². The lowest BCUT2D eigenvalue weighted by Crippen LogP contribution is -2.77. The van der Waals surface area contributed by atoms with Crippen molar-refractivity contribution in [2.75, 3.05) is 13.7 Å². The average Bonchev–Trinajstić information content (AvgIpc) is 3.65. The molecule has 43 heavy (non-hydrogen) atoms. The summed E-state index contributed by atoms with van der Waals surface area (Å²) in [7, 11) is 1.23. The number of aromatic nitrogens is 1. The number of nitrogens with zero attached hydrogens (tertiary/aromatic N) is 1. The Morgan fingerprint density at radius 3 is 2.72 bits per heavy atom. The average molecular weight is 599 g/mol. The molecule has 4 N–H and O–H groups in total. The van der Waals surface area contributed by atoms with Crippen molar-refractivity contribution in [2.24, 2.45) is 17.8 Å². The van der Waals surface area contributed by atoms with Crippen LogP contribution in [0.2, 0.25) is 0 Å². The van der Waals surface area contributed by atoms with Gasteiger partial charge in [-0.15, -0.1) is 6.58 Å². The van der Waals surface area contributed by atoms with Gasteiger partial charge in [-0.1, -0.05) is 49.3 Å². The van der Waals surface area contributed by atoms with Crippen LogP contribution in [-0.4, -0.2) is 81.9 Å². The van der Waals surface area contributed by atoms with E-state index in [1.807, 2.05) is 6.07 Å². The van der Waals surface area contributed by atoms with Gasteiger partial charge in [0, 0.05) is 17.4 Å². The molecule has 2 bridgehead atoms. The highest BCUT2D eigenvalue weighted by Crippen LogP contribution is 2.53. The molecule has 0 aromatic carbocycles. The number of hydrogen-bond acceptors (Lipinski definition) is 9. The molecule has 1 spiro atoms. The van der Waals surface area contributed by atoms with Crippen molar-refractivity contribution in [2.45, 2.75) is 93.6 Å². The van der Waals surface area contributed by atoms with Crippen LogP contribution in [0.4, 0.5) is 0 Å². The second-order valence-corrected chi connectivity index (χ2v) is 12.5. The number of fused-ring (bicyclic) bond motifs is 2. The Kier molecular flexibility index (Phi) is 8.06. The third-order valence-electron chi connectivity index (χ3n) is 10.2. The fraction of sp³-hybridized carbons (Fsp3) is 0.625. The van der Waals surface area contributed by atoms with Gasteiger partial charge in [0.2, 0.25) is 0 Å². The molecule has 2 saturated carbocycles. The van der Waals surface area contributed by atoms with Gasteiger partial charge in [-0.2, -0.15) is 5.69 Å². The minimum Gasteiger partial charge on any atom is -0.658 e. The second-order valence-electron chi connectivity index (χ2n) is 12.5. The number of carbonyl (C=O) groups is 2. The molecule has 1 aromatic heterocycles. The summed E-state index contributed by atoms with van der Waals surface area (Å²) >= 11 is 0. The van der Waals surface area contributed by atoms with E-state index < -0.39 is 66.2 Å². The molecule has 8 unspecified atom stereocenters. The van der Waals surface area contributed by atoms with Crippen molar-refractivity contribution >= 4 is 23.8 Å². The maximum absolute atomic E-state index is 12.4. The minimum absolute atomic E-state index is 0.0906. The van der Waals surface area contributed by atoms with E-state index in [4.69, 9.17) is 23.9 Å². The number of aliphatic hydroxyl groups is 3. The van der Waals surface area contributed by atoms with Crippen molar-refractivity contribution in [3.63, 3.8) is 0 Å². The predicted molar refractivity (Wildman–Crippen MR) is 151 cm³/mol. The van der Waals surface area contributed by atoms with E-state index in [0.717, 1.165) is 22.9 Å². The molecule has 3 aliphatic carbocycles. The lowest BCUT2D eigenvalue weighted by Gasteiger charge is -2.60. The third kappa shape index (κ3) is 4.85. The van der Waals surface area contributed by atoms with Crippen LogP contribution in [0, 0.1) is 17.8 Å². The van der Waals surface area contributed by atoms with Crippen LogP contribution in [0.3, 0.4) is 0 Å². The Labute approximate surface area is 249 Å². The molecular weight excluding hydrogens is 558 g/mol. The van der Waals surface area contributed by atoms with Gasteiger partial charge >= 0.3 is 11.9 Å². The van der Waals surface area contributed by atoms with Crippen molar-refractivity contribution in [1.82, 2.24) is 4.98 Å². The van der Waals surface area contributed by atoms with Crippen LogP contribution >= 0.6 is 0 Å². The van der Waals surface area contributed by atoms with Crippen molar-refractivity contribution < 1.29 is 49.0 Å². The lowest BCUT2D eigenvalue weighted by molar-refractivity contribution is -0.371. The van der Waals surface area contributed by atoms with Crippen LogP contribution in [0.1, 0.15) is 57.1 Å². The summed E-state index contributed by atoms with van der Waals surface area (Å²) in [4.78, 5) is 28.9. The predicted octanol–water partition coefficient (Wildman–Crippen LogP) is 0.419. The van der Waals surface area contributed by atoms with Gasteiger partial charge in [-0.3, -0.25) is 4.79 Å². The maximum atomic E-state index is 12.4. The lowest BCUT2D eigenvalue weighted by atomic mass is 9.63. The Morgan fingerprint density at radius 1 is 1.28 bits per heavy atom. The molecule has 6 rings (SSSR count). The Hall–Kier alpha value is -2.96. The fourth-order valence-electron chi connectivity index (χ4n) is 8.08. The number of carboxylic acids is 1. The van der Waals surface area contributed by atoms with E-state index in [9.17, 15) is 30.0 Å². The molecule has 8 atom stereocenters. The first-order valence-corrected chi connectivity index (χ1v) is 15.2. The highest BCUT2D eigenvalue weighted by molar-refractivity contribution is 5.90. The number of rotatable bonds is 9. The zero-order valence-electron chi connectivity index (χ0n) is 24.3. The van der Waals surface area contributed by atoms with E-state index in [1.165, 1.54) is 45.1 Å². The van der Waals surface area contributed by atoms with Crippen LogP contribution < -0.4 is 15.6 Å². The van der Waals surface area contributed by atoms with Crippen molar-refractivity contribution in [3.05, 3.63) is 46.6 Å². The number of carboxylic acid groups (broad SMARTS) is 1. The molecule has 11 heteroatoms. The van der Waals surface area contributed by atoms with Crippen LogP contribution in [0.25, 0.3) is 11.8 Å². The number of ether oxygens (including phenoxy) is 4. The Morgan fingerprint density at radius 2 is 2.05 bits per heavy atom. The Bertz CT molecular complexity index is 1430. The molecule has 1 saturated heterocycles. The van der Waals surface area contributed by atoms with Crippen molar-refractivity contribution in [1.29, 1.82) is 0 Å². The first-order valence-electron chi connectivity index (χ1n) is 15.2. The molecule has 0 amide bonds. The number of hydrogen-bond donors (Lipinski definition) is 4. The van der Waals surface area contributed by atoms with Gasteiger partial charge in [-0.25, -0.2) is 4.79 Å². The third-order valence-corrected chi connectivity index (χ3v) is 10.2. The summed E-state index contributed by atoms with van der Waals surface area (Å²) in [5.74, 6) is -2.55. The van der Waals surface area contributed by atoms with E-state index in [1.54, 1.807) is 6.08 Å². The zero-order chi connectivity index (χ0) is 30.5. The van der Waals surface area contributed by atoms with E-state index >= 15 is 0 Å². The molecule has 1 aromatic rings. The van der Waals surface area contributed by atoms with E-state index in [2.05, 4.69) is 6.58 Å². The summed E-state index contributed by atoms with van der Waals surface area (Å²) in [5, 5.41) is 45.5. The molecule has 11 nitrogen and oxygen atoms in total. The number of carbonyl (C=O) groups excluding carboxylic acids is 1. The zero-order valence-corrected chi connectivity index (χ0v) is 24.3. The van der Waals surface area contributed by atoms with Gasteiger partial charge in [-0.05, 0) is 42.4 Å². The first-order chi connectivity index (χ1) is 20.7. The molecule has 3 fully saturated rings. The SMILES string of the molecule is C=CC1C(OC2OC(CO)C34OC=c5[n-]c(CC6CCCC6)cc5=C3CCC2(O)C4O)CC=C(C(=O)OC)C1CC(=O)O. The standard InChI is InChI=1S/C32H40NO10/c1-3-19-21(14-27(35)36)20(28(37)40-2)8-9-25(19)42-30-31(39)11-10-23-22-13-18(12-17-6-4-5-7-17)33-24(22)16-41-32(23,29(31)38)26(15-34)43-30/h3,8,13,16-17,19,21,25-26,29-30,34,38-39H,1,4-7,9-12,14-15H2,2H3,(H,35,36)/q-1. The van der Waals surface area contributed by atoms with Crippen molar-refractivity contribution in [3.8, 4) is 0 Å². The fourth-order valence-corrected chi connectivity index (χ4v) is 8.08. The molecule has 5 aliphatic rings. The van der Waals surface area contributed by atoms with Gasteiger partial charge in [0.15, 0.2) is 11.9 Å². The van der Waals surface area contributed by atoms with Gasteiger partial charge < -0.3 is 44.4 Å². The van der Waals surface area contributed by atoms with E-state index in [-0.39, 0.29) is 24.8 Å². The van der Waals surface area contributed by atoms with E-state index in [0.29, 0.717) is 17.7 Å². The van der Waals surface area contributed by atoms with Gasteiger partial charge in [0.25, 0.3) is 0 Å². The summed E-state index contributed by atoms with van der Waals surface area (Å²) in [6.45, 7) is 3.34. The quantitative estimate of drug-likeness (QED) is 0.230. The summed E-state index contributed by atoms with van der Waals surface area (Å²) in [6, 6.07) is 2.04. The summed E-state index contributed by atoms with van der Waals surface area (Å²) in [6.07, 6.45) is 5.89. The van der Waals surface area contributed by atoms with Crippen LogP contribution in [-0.2, 0) is 35.0 Å². The summed E-state index contributed by atoms with van der Waals surface area (Å²) < 4.78 is 23.7. The largest absolute Gasteiger partial charge is 0.658 e. The highest BCUT2D eigenvalue weighted by Gasteiger charge is 2.69. The number of aliphatic carboxylic acids is 1. The topological polar surface area (TPSA) is 166 Å². The first kappa shape index (κ1) is 30.1. The number of esters is 1. The smallest absolute Gasteiger partial charge is 0.333 e. The normalized spacial score (nSPS) is 36.9. The summed E-state index contributed by atoms with van der Waals surface area (Å²) in [5.41, 5.74) is -1.52. The molecule has 2 aliphatic heterocycles. The van der Waals surface area contributed by atoms with Gasteiger partial charge in [0.1, 0.15) is 17.8 Å². The monoisotopic (exact) mass is 598 g/mol. The number of methoxy groups -OCH3 is 1. The second kappa shape index (κ2) is 11.5. The number of aliphatic hydroxyl groups excluding tert-OH is 2. The molecule has 3 heterocycles. The molecular formula is C32H40NO10-. The highest BCUT2D eigenvalue weighted by atomic mass is 16.7. The Balaban J connectivity index is 1.31. The van der Waals surface area contributed by atoms with Crippen LogP contribution in [0.15, 0.2) is 30.4 Å². The molecule has 0 radical (unpaired) electrons. The maximum Gasteiger partial charge on any atom is 0.333 e.